The van der Waals surface area contributed by atoms with Crippen LogP contribution in [-0.4, -0.2) is 28.7 Å². The first kappa shape index (κ1) is 21.0. The number of hydrogen-bond acceptors (Lipinski definition) is 5. The van der Waals surface area contributed by atoms with Crippen LogP contribution < -0.4 is 5.32 Å². The van der Waals surface area contributed by atoms with E-state index in [1.165, 1.54) is 30.7 Å². The van der Waals surface area contributed by atoms with Gasteiger partial charge in [-0.2, -0.15) is 0 Å². The molecule has 29 heavy (non-hydrogen) atoms. The summed E-state index contributed by atoms with van der Waals surface area (Å²) in [6, 6.07) is 8.92. The van der Waals surface area contributed by atoms with Crippen molar-refractivity contribution in [3.8, 4) is 0 Å². The number of nitrogens with one attached hydrogen (secondary N) is 1. The first-order valence-electron chi connectivity index (χ1n) is 9.69. The van der Waals surface area contributed by atoms with Crippen LogP contribution in [-0.2, 0) is 27.2 Å². The highest BCUT2D eigenvalue weighted by Crippen LogP contribution is 2.23. The number of nitrogens with zero attached hydrogens (tertiary/aromatic N) is 1. The molecule has 152 valence electrons. The number of ketones is 1. The van der Waals surface area contributed by atoms with Gasteiger partial charge >= 0.3 is 5.97 Å². The van der Waals surface area contributed by atoms with E-state index in [1.807, 2.05) is 18.2 Å². The summed E-state index contributed by atoms with van der Waals surface area (Å²) in [5.74, 6) is -0.889. The molecule has 1 aromatic heterocycles. The lowest BCUT2D eigenvalue weighted by molar-refractivity contribution is -0.153. The van der Waals surface area contributed by atoms with E-state index in [0.717, 1.165) is 19.3 Å². The van der Waals surface area contributed by atoms with Gasteiger partial charge in [0.1, 0.15) is 5.82 Å². The molecule has 0 bridgehead atoms. The van der Waals surface area contributed by atoms with Crippen molar-refractivity contribution in [2.45, 2.75) is 51.6 Å². The number of benzene rings is 1. The zero-order chi connectivity index (χ0) is 20.8. The smallest absolute Gasteiger partial charge is 0.307 e. The molecule has 0 saturated carbocycles. The molecule has 1 N–H and O–H groups in total. The van der Waals surface area contributed by atoms with E-state index in [0.29, 0.717) is 16.4 Å². The average Bonchev–Trinajstić information content (AvgIpc) is 2.73. The second-order valence-electron chi connectivity index (χ2n) is 7.10. The Balaban J connectivity index is 1.46. The van der Waals surface area contributed by atoms with Crippen LogP contribution in [0.3, 0.4) is 0 Å². The molecule has 7 heteroatoms. The van der Waals surface area contributed by atoms with Crippen molar-refractivity contribution in [2.24, 2.45) is 0 Å². The van der Waals surface area contributed by atoms with Gasteiger partial charge in [0.2, 0.25) is 0 Å². The molecule has 1 aliphatic rings. The van der Waals surface area contributed by atoms with Gasteiger partial charge in [0, 0.05) is 18.2 Å². The van der Waals surface area contributed by atoms with Crippen molar-refractivity contribution in [2.75, 3.05) is 5.32 Å². The molecule has 1 aromatic carbocycles. The number of fused-ring (bicyclic) bond motifs is 1. The van der Waals surface area contributed by atoms with Crippen molar-refractivity contribution in [1.29, 1.82) is 0 Å². The fourth-order valence-electron chi connectivity index (χ4n) is 3.25. The van der Waals surface area contributed by atoms with Gasteiger partial charge in [-0.05, 0) is 61.9 Å². The molecule has 0 fully saturated rings. The fourth-order valence-corrected chi connectivity index (χ4v) is 3.37. The van der Waals surface area contributed by atoms with E-state index in [2.05, 4.69) is 10.3 Å². The van der Waals surface area contributed by atoms with Crippen LogP contribution in [0.2, 0.25) is 5.02 Å². The second kappa shape index (κ2) is 9.65. The molecule has 0 unspecified atom stereocenters. The van der Waals surface area contributed by atoms with Crippen LogP contribution in [0, 0.1) is 0 Å². The third-order valence-electron chi connectivity index (χ3n) is 4.88. The number of amides is 1. The number of anilines is 1. The number of halogens is 1. The number of carbonyl (C=O) groups is 3. The summed E-state index contributed by atoms with van der Waals surface area (Å²) in [5, 5.41) is 2.99. The lowest BCUT2D eigenvalue weighted by Crippen LogP contribution is -2.30. The molecular formula is C22H23ClN2O4. The number of ether oxygens (including phenoxy) is 1. The number of carbonyl (C=O) groups excluding carboxylic acids is 3. The Kier molecular flexibility index (Phi) is 6.99. The Bertz CT molecular complexity index is 912. The normalized spacial score (nSPS) is 13.9. The SMILES string of the molecule is C[C@H](OC(=O)CCC(=O)c1ccc2c(c1)CCCC2)C(=O)Nc1ccc(Cl)cn1. The van der Waals surface area contributed by atoms with Crippen molar-refractivity contribution in [3.05, 3.63) is 58.2 Å². The standard InChI is InChI=1S/C22H23ClN2O4/c1-14(22(28)25-20-10-8-18(23)13-24-20)29-21(27)11-9-19(26)17-7-6-15-4-2-3-5-16(15)12-17/h6-8,10,12-14H,2-5,9,11H2,1H3,(H,24,25,28)/t14-/m0/s1. The summed E-state index contributed by atoms with van der Waals surface area (Å²) in [5.41, 5.74) is 3.16. The fraction of sp³-hybridized carbons (Fsp3) is 0.364. The minimum Gasteiger partial charge on any atom is -0.453 e. The molecule has 6 nitrogen and oxygen atoms in total. The summed E-state index contributed by atoms with van der Waals surface area (Å²) >= 11 is 5.75. The van der Waals surface area contributed by atoms with Crippen molar-refractivity contribution in [3.63, 3.8) is 0 Å². The Morgan fingerprint density at radius 1 is 1.10 bits per heavy atom. The highest BCUT2D eigenvalue weighted by atomic mass is 35.5. The summed E-state index contributed by atoms with van der Waals surface area (Å²) in [6.45, 7) is 1.47. The number of aromatic nitrogens is 1. The summed E-state index contributed by atoms with van der Waals surface area (Å²) < 4.78 is 5.13. The predicted molar refractivity (Wildman–Crippen MR) is 110 cm³/mol. The largest absolute Gasteiger partial charge is 0.453 e. The van der Waals surface area contributed by atoms with Gasteiger partial charge in [0.25, 0.3) is 5.91 Å². The van der Waals surface area contributed by atoms with Crippen molar-refractivity contribution < 1.29 is 19.1 Å². The summed E-state index contributed by atoms with van der Waals surface area (Å²) in [6.07, 6.45) is 4.75. The quantitative estimate of drug-likeness (QED) is 0.543. The second-order valence-corrected chi connectivity index (χ2v) is 7.53. The number of aryl methyl sites for hydroxylation is 2. The van der Waals surface area contributed by atoms with Crippen molar-refractivity contribution in [1.82, 2.24) is 4.98 Å². The Morgan fingerprint density at radius 3 is 2.59 bits per heavy atom. The van der Waals surface area contributed by atoms with Gasteiger partial charge < -0.3 is 10.1 Å². The molecule has 0 saturated heterocycles. The number of pyridine rings is 1. The third kappa shape index (κ3) is 5.87. The molecule has 1 amide bonds. The van der Waals surface area contributed by atoms with Crippen LogP contribution in [0.15, 0.2) is 36.5 Å². The van der Waals surface area contributed by atoms with Gasteiger partial charge in [0.15, 0.2) is 11.9 Å². The molecule has 2 aromatic rings. The first-order chi connectivity index (χ1) is 13.9. The van der Waals surface area contributed by atoms with Gasteiger partial charge in [0.05, 0.1) is 11.4 Å². The van der Waals surface area contributed by atoms with E-state index in [4.69, 9.17) is 16.3 Å². The maximum atomic E-state index is 12.4. The van der Waals surface area contributed by atoms with Gasteiger partial charge in [-0.15, -0.1) is 0 Å². The lowest BCUT2D eigenvalue weighted by atomic mass is 9.89. The molecule has 1 aliphatic carbocycles. The minimum atomic E-state index is -1.00. The van der Waals surface area contributed by atoms with E-state index in [-0.39, 0.29) is 18.6 Å². The molecule has 0 radical (unpaired) electrons. The zero-order valence-corrected chi connectivity index (χ0v) is 17.0. The van der Waals surface area contributed by atoms with E-state index in [9.17, 15) is 14.4 Å². The van der Waals surface area contributed by atoms with Crippen LogP contribution in [0.1, 0.15) is 54.1 Å². The molecule has 0 spiro atoms. The molecular weight excluding hydrogens is 392 g/mol. The highest BCUT2D eigenvalue weighted by molar-refractivity contribution is 6.30. The van der Waals surface area contributed by atoms with E-state index >= 15 is 0 Å². The van der Waals surface area contributed by atoms with E-state index in [1.54, 1.807) is 12.1 Å². The number of rotatable bonds is 7. The van der Waals surface area contributed by atoms with Crippen LogP contribution in [0.4, 0.5) is 5.82 Å². The first-order valence-corrected chi connectivity index (χ1v) is 10.1. The van der Waals surface area contributed by atoms with Gasteiger partial charge in [-0.25, -0.2) is 4.98 Å². The molecule has 0 aliphatic heterocycles. The summed E-state index contributed by atoms with van der Waals surface area (Å²) in [4.78, 5) is 40.5. The number of Topliss-reactive ketones (excluding diaryl/α,β-unsaturated/α-hetero) is 1. The Labute approximate surface area is 174 Å². The lowest BCUT2D eigenvalue weighted by Gasteiger charge is -2.16. The minimum absolute atomic E-state index is 0.0463. The molecule has 1 heterocycles. The van der Waals surface area contributed by atoms with Gasteiger partial charge in [-0.1, -0.05) is 23.7 Å². The summed E-state index contributed by atoms with van der Waals surface area (Å²) in [7, 11) is 0. The topological polar surface area (TPSA) is 85.4 Å². The Morgan fingerprint density at radius 2 is 1.86 bits per heavy atom. The number of hydrogen-bond donors (Lipinski definition) is 1. The molecule has 1 atom stereocenters. The Hall–Kier alpha value is -2.73. The maximum Gasteiger partial charge on any atom is 0.307 e. The van der Waals surface area contributed by atoms with Crippen molar-refractivity contribution >= 4 is 35.1 Å². The predicted octanol–water partition coefficient (Wildman–Crippen LogP) is 4.15. The highest BCUT2D eigenvalue weighted by Gasteiger charge is 2.20. The van der Waals surface area contributed by atoms with Gasteiger partial charge in [-0.3, -0.25) is 14.4 Å². The molecule has 3 rings (SSSR count). The monoisotopic (exact) mass is 414 g/mol. The van der Waals surface area contributed by atoms with Crippen LogP contribution in [0.25, 0.3) is 0 Å². The van der Waals surface area contributed by atoms with Crippen LogP contribution >= 0.6 is 11.6 Å². The number of esters is 1. The maximum absolute atomic E-state index is 12.4. The average molecular weight is 415 g/mol. The zero-order valence-electron chi connectivity index (χ0n) is 16.2. The van der Waals surface area contributed by atoms with Crippen LogP contribution in [0.5, 0.6) is 0 Å². The van der Waals surface area contributed by atoms with E-state index < -0.39 is 18.0 Å². The third-order valence-corrected chi connectivity index (χ3v) is 5.11.